The van der Waals surface area contributed by atoms with Gasteiger partial charge in [0.15, 0.2) is 0 Å². The van der Waals surface area contributed by atoms with Crippen molar-refractivity contribution >= 4 is 27.4 Å². The quantitative estimate of drug-likeness (QED) is 0.829. The van der Waals surface area contributed by atoms with Crippen molar-refractivity contribution in [1.82, 2.24) is 19.8 Å². The lowest BCUT2D eigenvalue weighted by molar-refractivity contribution is 0.0719. The van der Waals surface area contributed by atoms with Crippen molar-refractivity contribution < 1.29 is 0 Å². The van der Waals surface area contributed by atoms with Crippen LogP contribution >= 0.6 is 11.3 Å². The van der Waals surface area contributed by atoms with Crippen LogP contribution in [0.25, 0.3) is 10.2 Å². The van der Waals surface area contributed by atoms with Gasteiger partial charge in [-0.3, -0.25) is 4.90 Å². The van der Waals surface area contributed by atoms with Crippen molar-refractivity contribution in [3.63, 3.8) is 0 Å². The fourth-order valence-electron chi connectivity index (χ4n) is 5.26. The second-order valence-electron chi connectivity index (χ2n) is 8.16. The number of thiophene rings is 1. The minimum absolute atomic E-state index is 0.795. The van der Waals surface area contributed by atoms with Crippen molar-refractivity contribution in [3.8, 4) is 0 Å². The monoisotopic (exact) mass is 371 g/mol. The first-order valence-corrected chi connectivity index (χ1v) is 11.1. The van der Waals surface area contributed by atoms with Crippen LogP contribution in [0.3, 0.4) is 0 Å². The number of hydrogen-bond donors (Lipinski definition) is 0. The van der Waals surface area contributed by atoms with Crippen LogP contribution in [0.1, 0.15) is 38.4 Å². The standard InChI is InChI=1S/C20H29N5S/c1-3-18-21-19(17-6-11-26-20(17)22-18)25-9-7-24(8-10-25)16-12-14-4-5-15(13-16)23(14)2/h6,11,14-16H,3-5,7-10,12-13H2,1-2H3. The van der Waals surface area contributed by atoms with Gasteiger partial charge in [0.05, 0.1) is 5.39 Å². The summed E-state index contributed by atoms with van der Waals surface area (Å²) in [6, 6.07) is 4.64. The Morgan fingerprint density at radius 2 is 1.77 bits per heavy atom. The molecule has 3 aliphatic heterocycles. The van der Waals surface area contributed by atoms with E-state index in [1.807, 2.05) is 0 Å². The highest BCUT2D eigenvalue weighted by molar-refractivity contribution is 7.16. The summed E-state index contributed by atoms with van der Waals surface area (Å²) < 4.78 is 0. The molecule has 26 heavy (non-hydrogen) atoms. The molecule has 0 amide bonds. The molecular formula is C20H29N5S. The van der Waals surface area contributed by atoms with E-state index in [2.05, 4.69) is 40.1 Å². The number of aryl methyl sites for hydroxylation is 1. The number of hydrogen-bond acceptors (Lipinski definition) is 6. The lowest BCUT2D eigenvalue weighted by Gasteiger charge is -2.45. The van der Waals surface area contributed by atoms with Crippen molar-refractivity contribution in [2.75, 3.05) is 38.1 Å². The van der Waals surface area contributed by atoms with E-state index in [0.717, 1.165) is 54.1 Å². The number of aromatic nitrogens is 2. The smallest absolute Gasteiger partial charge is 0.141 e. The molecule has 6 heteroatoms. The van der Waals surface area contributed by atoms with Gasteiger partial charge >= 0.3 is 0 Å². The van der Waals surface area contributed by atoms with E-state index in [0.29, 0.717) is 0 Å². The predicted molar refractivity (Wildman–Crippen MR) is 108 cm³/mol. The number of piperazine rings is 1. The molecule has 0 aliphatic carbocycles. The molecule has 3 fully saturated rings. The molecule has 2 unspecified atom stereocenters. The second kappa shape index (κ2) is 6.73. The molecule has 5 heterocycles. The predicted octanol–water partition coefficient (Wildman–Crippen LogP) is 3.00. The summed E-state index contributed by atoms with van der Waals surface area (Å²) in [4.78, 5) is 18.6. The molecule has 3 saturated heterocycles. The summed E-state index contributed by atoms with van der Waals surface area (Å²) in [5.41, 5.74) is 0. The Morgan fingerprint density at radius 1 is 1.04 bits per heavy atom. The Balaban J connectivity index is 1.30. The van der Waals surface area contributed by atoms with Gasteiger partial charge in [-0.05, 0) is 44.2 Å². The van der Waals surface area contributed by atoms with E-state index in [4.69, 9.17) is 9.97 Å². The maximum Gasteiger partial charge on any atom is 0.141 e. The number of rotatable bonds is 3. The maximum atomic E-state index is 4.89. The molecule has 5 rings (SSSR count). The third kappa shape index (κ3) is 2.83. The highest BCUT2D eigenvalue weighted by Crippen LogP contribution is 2.37. The Bertz CT molecular complexity index is 768. The summed E-state index contributed by atoms with van der Waals surface area (Å²) in [6.45, 7) is 6.67. The van der Waals surface area contributed by atoms with E-state index < -0.39 is 0 Å². The fourth-order valence-corrected chi connectivity index (χ4v) is 6.04. The zero-order chi connectivity index (χ0) is 17.7. The Morgan fingerprint density at radius 3 is 2.46 bits per heavy atom. The maximum absolute atomic E-state index is 4.89. The summed E-state index contributed by atoms with van der Waals surface area (Å²) in [7, 11) is 2.34. The van der Waals surface area contributed by atoms with Gasteiger partial charge in [0.2, 0.25) is 0 Å². The molecule has 0 spiro atoms. The first kappa shape index (κ1) is 16.9. The lowest BCUT2D eigenvalue weighted by Crippen LogP contribution is -2.55. The van der Waals surface area contributed by atoms with E-state index in [9.17, 15) is 0 Å². The number of piperidine rings is 1. The van der Waals surface area contributed by atoms with Crippen LogP contribution in [-0.2, 0) is 6.42 Å². The first-order chi connectivity index (χ1) is 12.7. The Hall–Kier alpha value is -1.24. The SMILES string of the molecule is CCc1nc(N2CCN(C3CC4CCC(C3)N4C)CC2)c2ccsc2n1. The first-order valence-electron chi connectivity index (χ1n) is 10.2. The minimum atomic E-state index is 0.795. The average molecular weight is 372 g/mol. The number of nitrogens with zero attached hydrogens (tertiary/aromatic N) is 5. The van der Waals surface area contributed by atoms with E-state index in [1.54, 1.807) is 11.3 Å². The summed E-state index contributed by atoms with van der Waals surface area (Å²) in [5, 5.41) is 3.38. The molecule has 0 N–H and O–H groups in total. The molecule has 2 bridgehead atoms. The summed E-state index contributed by atoms with van der Waals surface area (Å²) in [5.74, 6) is 2.14. The molecule has 2 aromatic heterocycles. The van der Waals surface area contributed by atoms with Gasteiger partial charge in [0.25, 0.3) is 0 Å². The summed E-state index contributed by atoms with van der Waals surface area (Å²) in [6.07, 6.45) is 6.46. The highest BCUT2D eigenvalue weighted by Gasteiger charge is 2.40. The molecule has 2 aromatic rings. The largest absolute Gasteiger partial charge is 0.353 e. The van der Waals surface area contributed by atoms with Gasteiger partial charge < -0.3 is 9.80 Å². The molecule has 0 saturated carbocycles. The zero-order valence-corrected chi connectivity index (χ0v) is 16.7. The van der Waals surface area contributed by atoms with Crippen molar-refractivity contribution in [2.24, 2.45) is 0 Å². The molecule has 3 aliphatic rings. The third-order valence-corrected chi connectivity index (χ3v) is 7.68. The van der Waals surface area contributed by atoms with Gasteiger partial charge in [-0.2, -0.15) is 0 Å². The van der Waals surface area contributed by atoms with Gasteiger partial charge in [-0.1, -0.05) is 6.92 Å². The second-order valence-corrected chi connectivity index (χ2v) is 9.05. The normalized spacial score (nSPS) is 30.4. The average Bonchev–Trinajstić information content (AvgIpc) is 3.21. The molecule has 0 aromatic carbocycles. The lowest BCUT2D eigenvalue weighted by atomic mass is 9.96. The van der Waals surface area contributed by atoms with Crippen LogP contribution in [0, 0.1) is 0 Å². The summed E-state index contributed by atoms with van der Waals surface area (Å²) >= 11 is 1.73. The van der Waals surface area contributed by atoms with Gasteiger partial charge in [0, 0.05) is 50.7 Å². The van der Waals surface area contributed by atoms with Crippen LogP contribution in [0.15, 0.2) is 11.4 Å². The number of anilines is 1. The Labute approximate surface area is 160 Å². The van der Waals surface area contributed by atoms with Crippen LogP contribution in [0.5, 0.6) is 0 Å². The number of fused-ring (bicyclic) bond motifs is 3. The molecular weight excluding hydrogens is 342 g/mol. The van der Waals surface area contributed by atoms with Gasteiger partial charge in [-0.25, -0.2) is 9.97 Å². The van der Waals surface area contributed by atoms with Crippen molar-refractivity contribution in [1.29, 1.82) is 0 Å². The fraction of sp³-hybridized carbons (Fsp3) is 0.700. The Kier molecular flexibility index (Phi) is 4.38. The van der Waals surface area contributed by atoms with Crippen LogP contribution in [0.4, 0.5) is 5.82 Å². The van der Waals surface area contributed by atoms with Gasteiger partial charge in [-0.15, -0.1) is 11.3 Å². The molecule has 140 valence electrons. The van der Waals surface area contributed by atoms with Crippen molar-refractivity contribution in [2.45, 2.75) is 57.2 Å². The van der Waals surface area contributed by atoms with Crippen LogP contribution in [0.2, 0.25) is 0 Å². The van der Waals surface area contributed by atoms with Crippen molar-refractivity contribution in [3.05, 3.63) is 17.3 Å². The van der Waals surface area contributed by atoms with E-state index in [1.165, 1.54) is 44.2 Å². The topological polar surface area (TPSA) is 35.5 Å². The van der Waals surface area contributed by atoms with Crippen LogP contribution in [-0.4, -0.2) is 71.1 Å². The van der Waals surface area contributed by atoms with E-state index in [-0.39, 0.29) is 0 Å². The minimum Gasteiger partial charge on any atom is -0.353 e. The van der Waals surface area contributed by atoms with E-state index >= 15 is 0 Å². The molecule has 0 radical (unpaired) electrons. The molecule has 5 nitrogen and oxygen atoms in total. The molecule has 2 atom stereocenters. The van der Waals surface area contributed by atoms with Crippen LogP contribution < -0.4 is 4.90 Å². The third-order valence-electron chi connectivity index (χ3n) is 6.87. The highest BCUT2D eigenvalue weighted by atomic mass is 32.1. The van der Waals surface area contributed by atoms with Gasteiger partial charge in [0.1, 0.15) is 16.5 Å². The zero-order valence-electron chi connectivity index (χ0n) is 15.9.